The molecule has 1 aliphatic rings. The fourth-order valence-electron chi connectivity index (χ4n) is 2.95. The molecule has 0 aromatic heterocycles. The van der Waals surface area contributed by atoms with E-state index < -0.39 is 0 Å². The molecule has 2 unspecified atom stereocenters. The number of hydrogen-bond acceptors (Lipinski definition) is 3. The van der Waals surface area contributed by atoms with Gasteiger partial charge in [-0.3, -0.25) is 4.90 Å². The van der Waals surface area contributed by atoms with Crippen molar-refractivity contribution in [3.05, 3.63) is 0 Å². The predicted molar refractivity (Wildman–Crippen MR) is 80.1 cm³/mol. The first kappa shape index (κ1) is 15.9. The molecule has 0 aromatic carbocycles. The smallest absolute Gasteiger partial charge is 0.0244 e. The summed E-state index contributed by atoms with van der Waals surface area (Å²) in [5, 5.41) is 3.73. The van der Waals surface area contributed by atoms with Gasteiger partial charge >= 0.3 is 0 Å². The Morgan fingerprint density at radius 3 is 2.61 bits per heavy atom. The van der Waals surface area contributed by atoms with E-state index in [1.165, 1.54) is 45.4 Å². The van der Waals surface area contributed by atoms with Crippen molar-refractivity contribution in [1.82, 2.24) is 15.1 Å². The molecule has 1 rings (SSSR count). The number of nitrogens with one attached hydrogen (secondary N) is 1. The molecule has 108 valence electrons. The molecule has 3 nitrogen and oxygen atoms in total. The van der Waals surface area contributed by atoms with Crippen LogP contribution in [-0.2, 0) is 0 Å². The highest BCUT2D eigenvalue weighted by Crippen LogP contribution is 2.17. The van der Waals surface area contributed by atoms with Crippen LogP contribution in [-0.4, -0.2) is 62.2 Å². The molecule has 3 heteroatoms. The summed E-state index contributed by atoms with van der Waals surface area (Å²) in [6.45, 7) is 11.9. The molecule has 0 saturated carbocycles. The molecule has 1 heterocycles. The SMILES string of the molecule is CCCC1CN(CCCN(C)C)C(C(C)C)CN1. The Hall–Kier alpha value is -0.120. The molecule has 1 aliphatic heterocycles. The highest BCUT2D eigenvalue weighted by Gasteiger charge is 2.28. The van der Waals surface area contributed by atoms with Gasteiger partial charge in [0, 0.05) is 25.2 Å². The van der Waals surface area contributed by atoms with E-state index >= 15 is 0 Å². The summed E-state index contributed by atoms with van der Waals surface area (Å²) >= 11 is 0. The molecule has 0 bridgehead atoms. The maximum atomic E-state index is 3.73. The van der Waals surface area contributed by atoms with E-state index in [4.69, 9.17) is 0 Å². The number of piperazine rings is 1. The third-order valence-electron chi connectivity index (χ3n) is 4.00. The summed E-state index contributed by atoms with van der Waals surface area (Å²) < 4.78 is 0. The normalized spacial score (nSPS) is 26.2. The Balaban J connectivity index is 2.44. The van der Waals surface area contributed by atoms with Gasteiger partial charge in [0.2, 0.25) is 0 Å². The van der Waals surface area contributed by atoms with Crippen LogP contribution >= 0.6 is 0 Å². The molecule has 2 atom stereocenters. The van der Waals surface area contributed by atoms with Gasteiger partial charge in [-0.2, -0.15) is 0 Å². The van der Waals surface area contributed by atoms with Crippen LogP contribution in [0.25, 0.3) is 0 Å². The highest BCUT2D eigenvalue weighted by atomic mass is 15.2. The molecule has 0 aliphatic carbocycles. The van der Waals surface area contributed by atoms with Crippen LogP contribution in [0.2, 0.25) is 0 Å². The largest absolute Gasteiger partial charge is 0.311 e. The lowest BCUT2D eigenvalue weighted by Gasteiger charge is -2.42. The van der Waals surface area contributed by atoms with Crippen molar-refractivity contribution in [3.63, 3.8) is 0 Å². The van der Waals surface area contributed by atoms with Crippen LogP contribution in [0.15, 0.2) is 0 Å². The molecule has 1 N–H and O–H groups in total. The lowest BCUT2D eigenvalue weighted by Crippen LogP contribution is -2.58. The Morgan fingerprint density at radius 2 is 2.06 bits per heavy atom. The van der Waals surface area contributed by atoms with Gasteiger partial charge in [0.1, 0.15) is 0 Å². The van der Waals surface area contributed by atoms with Gasteiger partial charge in [0.25, 0.3) is 0 Å². The summed E-state index contributed by atoms with van der Waals surface area (Å²) in [6, 6.07) is 1.43. The van der Waals surface area contributed by atoms with Gasteiger partial charge in [0.05, 0.1) is 0 Å². The standard InChI is InChI=1S/C15H33N3/c1-6-8-14-12-18(10-7-9-17(4)5)15(11-16-14)13(2)3/h13-16H,6-12H2,1-5H3. The first-order valence-electron chi connectivity index (χ1n) is 7.66. The van der Waals surface area contributed by atoms with Crippen molar-refractivity contribution < 1.29 is 0 Å². The van der Waals surface area contributed by atoms with Crippen molar-refractivity contribution in [2.45, 2.75) is 52.1 Å². The van der Waals surface area contributed by atoms with Crippen LogP contribution in [0.3, 0.4) is 0 Å². The summed E-state index contributed by atoms with van der Waals surface area (Å²) in [7, 11) is 4.33. The molecular weight excluding hydrogens is 222 g/mol. The predicted octanol–water partition coefficient (Wildman–Crippen LogP) is 2.04. The first-order chi connectivity index (χ1) is 8.54. The second kappa shape index (κ2) is 8.13. The molecule has 1 saturated heterocycles. The summed E-state index contributed by atoms with van der Waals surface area (Å²) in [6.07, 6.45) is 3.89. The second-order valence-electron chi connectivity index (χ2n) is 6.36. The molecule has 0 spiro atoms. The third-order valence-corrected chi connectivity index (χ3v) is 4.00. The lowest BCUT2D eigenvalue weighted by atomic mass is 9.97. The summed E-state index contributed by atoms with van der Waals surface area (Å²) in [5.74, 6) is 0.749. The van der Waals surface area contributed by atoms with Gasteiger partial charge < -0.3 is 10.2 Å². The fourth-order valence-corrected chi connectivity index (χ4v) is 2.95. The minimum Gasteiger partial charge on any atom is -0.311 e. The minimum atomic E-state index is 0.712. The average molecular weight is 255 g/mol. The third kappa shape index (κ3) is 5.25. The topological polar surface area (TPSA) is 18.5 Å². The van der Waals surface area contributed by atoms with Crippen LogP contribution in [0.5, 0.6) is 0 Å². The van der Waals surface area contributed by atoms with E-state index in [2.05, 4.69) is 50.0 Å². The minimum absolute atomic E-state index is 0.712. The van der Waals surface area contributed by atoms with Crippen molar-refractivity contribution in [1.29, 1.82) is 0 Å². The van der Waals surface area contributed by atoms with Crippen molar-refractivity contribution in [3.8, 4) is 0 Å². The number of rotatable bonds is 7. The van der Waals surface area contributed by atoms with Crippen LogP contribution in [0.4, 0.5) is 0 Å². The van der Waals surface area contributed by atoms with Gasteiger partial charge in [0.15, 0.2) is 0 Å². The van der Waals surface area contributed by atoms with Gasteiger partial charge in [-0.25, -0.2) is 0 Å². The summed E-state index contributed by atoms with van der Waals surface area (Å²) in [5.41, 5.74) is 0. The zero-order chi connectivity index (χ0) is 13.5. The van der Waals surface area contributed by atoms with Crippen LogP contribution < -0.4 is 5.32 Å². The Kier molecular flexibility index (Phi) is 7.20. The van der Waals surface area contributed by atoms with E-state index in [-0.39, 0.29) is 0 Å². The molecular formula is C15H33N3. The van der Waals surface area contributed by atoms with Crippen molar-refractivity contribution >= 4 is 0 Å². The van der Waals surface area contributed by atoms with E-state index in [9.17, 15) is 0 Å². The van der Waals surface area contributed by atoms with Crippen LogP contribution in [0, 0.1) is 5.92 Å². The van der Waals surface area contributed by atoms with Crippen molar-refractivity contribution in [2.24, 2.45) is 5.92 Å². The quantitative estimate of drug-likeness (QED) is 0.751. The van der Waals surface area contributed by atoms with E-state index in [1.807, 2.05) is 0 Å². The Bertz CT molecular complexity index is 216. The molecule has 18 heavy (non-hydrogen) atoms. The van der Waals surface area contributed by atoms with Crippen molar-refractivity contribution in [2.75, 3.05) is 40.3 Å². The van der Waals surface area contributed by atoms with E-state index in [0.29, 0.717) is 6.04 Å². The Labute approximate surface area is 114 Å². The molecule has 0 radical (unpaired) electrons. The zero-order valence-corrected chi connectivity index (χ0v) is 13.1. The van der Waals surface area contributed by atoms with E-state index in [0.717, 1.165) is 12.0 Å². The molecule has 0 aromatic rings. The first-order valence-corrected chi connectivity index (χ1v) is 7.66. The van der Waals surface area contributed by atoms with Gasteiger partial charge in [-0.1, -0.05) is 27.2 Å². The molecule has 1 fully saturated rings. The lowest BCUT2D eigenvalue weighted by molar-refractivity contribution is 0.0921. The maximum absolute atomic E-state index is 3.73. The zero-order valence-electron chi connectivity index (χ0n) is 13.1. The van der Waals surface area contributed by atoms with Crippen LogP contribution in [0.1, 0.15) is 40.0 Å². The second-order valence-corrected chi connectivity index (χ2v) is 6.36. The number of hydrogen-bond donors (Lipinski definition) is 1. The molecule has 0 amide bonds. The van der Waals surface area contributed by atoms with Gasteiger partial charge in [-0.05, 0) is 45.9 Å². The average Bonchev–Trinajstić information content (AvgIpc) is 2.29. The van der Waals surface area contributed by atoms with Gasteiger partial charge in [-0.15, -0.1) is 0 Å². The highest BCUT2D eigenvalue weighted by molar-refractivity contribution is 4.87. The fraction of sp³-hybridized carbons (Fsp3) is 1.00. The number of nitrogens with zero attached hydrogens (tertiary/aromatic N) is 2. The Morgan fingerprint density at radius 1 is 1.33 bits per heavy atom. The summed E-state index contributed by atoms with van der Waals surface area (Å²) in [4.78, 5) is 5.01. The van der Waals surface area contributed by atoms with E-state index in [1.54, 1.807) is 0 Å². The monoisotopic (exact) mass is 255 g/mol. The maximum Gasteiger partial charge on any atom is 0.0244 e.